The SMILES string of the molecule is CCn1nc(C)c(C(=O)N2C[C@@H](C(=O)O)[C@H](c3ccc(Cl)cc3)C2)c1C. The van der Waals surface area contributed by atoms with Crippen molar-refractivity contribution in [2.24, 2.45) is 5.92 Å². The van der Waals surface area contributed by atoms with E-state index in [4.69, 9.17) is 11.6 Å². The molecule has 0 spiro atoms. The fourth-order valence-corrected chi connectivity index (χ4v) is 3.87. The minimum atomic E-state index is -0.891. The van der Waals surface area contributed by atoms with Crippen LogP contribution in [0.2, 0.25) is 5.02 Å². The highest BCUT2D eigenvalue weighted by atomic mass is 35.5. The van der Waals surface area contributed by atoms with E-state index in [9.17, 15) is 14.7 Å². The molecule has 1 aromatic heterocycles. The number of amides is 1. The lowest BCUT2D eigenvalue weighted by atomic mass is 9.89. The monoisotopic (exact) mass is 375 g/mol. The largest absolute Gasteiger partial charge is 0.481 e. The van der Waals surface area contributed by atoms with Crippen molar-refractivity contribution in [2.75, 3.05) is 13.1 Å². The Labute approximate surface area is 157 Å². The lowest BCUT2D eigenvalue weighted by Crippen LogP contribution is -2.30. The summed E-state index contributed by atoms with van der Waals surface area (Å²) in [6.45, 7) is 6.91. The van der Waals surface area contributed by atoms with Gasteiger partial charge in [0.05, 0.1) is 17.2 Å². The topological polar surface area (TPSA) is 75.4 Å². The van der Waals surface area contributed by atoms with Crippen LogP contribution < -0.4 is 0 Å². The van der Waals surface area contributed by atoms with Gasteiger partial charge in [-0.15, -0.1) is 0 Å². The molecule has 1 saturated heterocycles. The Morgan fingerprint density at radius 1 is 1.23 bits per heavy atom. The Morgan fingerprint density at radius 3 is 2.42 bits per heavy atom. The molecule has 1 aliphatic heterocycles. The van der Waals surface area contributed by atoms with Crippen molar-refractivity contribution in [3.05, 3.63) is 51.8 Å². The number of carboxylic acid groups (broad SMARTS) is 1. The van der Waals surface area contributed by atoms with Crippen LogP contribution in [0.5, 0.6) is 0 Å². The normalized spacial score (nSPS) is 19.8. The van der Waals surface area contributed by atoms with Crippen molar-refractivity contribution in [2.45, 2.75) is 33.2 Å². The van der Waals surface area contributed by atoms with Crippen molar-refractivity contribution in [3.63, 3.8) is 0 Å². The van der Waals surface area contributed by atoms with Gasteiger partial charge in [-0.05, 0) is 38.5 Å². The molecule has 1 N–H and O–H groups in total. The second-order valence-electron chi connectivity index (χ2n) is 6.67. The maximum absolute atomic E-state index is 13.1. The van der Waals surface area contributed by atoms with E-state index in [0.29, 0.717) is 29.4 Å². The van der Waals surface area contributed by atoms with Crippen LogP contribution in [0.3, 0.4) is 0 Å². The Hall–Kier alpha value is -2.34. The molecule has 7 heteroatoms. The van der Waals surface area contributed by atoms with Gasteiger partial charge >= 0.3 is 5.97 Å². The molecule has 0 aliphatic carbocycles. The number of aliphatic carboxylic acids is 1. The van der Waals surface area contributed by atoms with Crippen molar-refractivity contribution >= 4 is 23.5 Å². The van der Waals surface area contributed by atoms with Crippen LogP contribution in [-0.4, -0.2) is 44.8 Å². The van der Waals surface area contributed by atoms with E-state index in [1.807, 2.05) is 32.9 Å². The zero-order chi connectivity index (χ0) is 19.0. The van der Waals surface area contributed by atoms with Crippen LogP contribution in [0.15, 0.2) is 24.3 Å². The van der Waals surface area contributed by atoms with Crippen molar-refractivity contribution < 1.29 is 14.7 Å². The number of aromatic nitrogens is 2. The number of likely N-dealkylation sites (tertiary alicyclic amines) is 1. The summed E-state index contributed by atoms with van der Waals surface area (Å²) >= 11 is 5.94. The molecule has 1 aliphatic rings. The fourth-order valence-electron chi connectivity index (χ4n) is 3.74. The van der Waals surface area contributed by atoms with E-state index in [-0.39, 0.29) is 18.4 Å². The average molecular weight is 376 g/mol. The highest BCUT2D eigenvalue weighted by Crippen LogP contribution is 2.34. The summed E-state index contributed by atoms with van der Waals surface area (Å²) in [5.74, 6) is -1.93. The Morgan fingerprint density at radius 2 is 1.88 bits per heavy atom. The van der Waals surface area contributed by atoms with E-state index in [0.717, 1.165) is 11.3 Å². The van der Waals surface area contributed by atoms with Gasteiger partial charge < -0.3 is 10.0 Å². The molecule has 2 heterocycles. The zero-order valence-electron chi connectivity index (χ0n) is 15.1. The number of rotatable bonds is 4. The third kappa shape index (κ3) is 3.21. The molecule has 0 unspecified atom stereocenters. The van der Waals surface area contributed by atoms with Crippen molar-refractivity contribution in [3.8, 4) is 0 Å². The van der Waals surface area contributed by atoms with E-state index in [2.05, 4.69) is 5.10 Å². The molecule has 1 aromatic carbocycles. The maximum atomic E-state index is 13.1. The molecule has 2 aromatic rings. The van der Waals surface area contributed by atoms with Crippen LogP contribution >= 0.6 is 11.6 Å². The van der Waals surface area contributed by atoms with Gasteiger partial charge in [-0.2, -0.15) is 5.10 Å². The van der Waals surface area contributed by atoms with E-state index in [1.54, 1.807) is 21.7 Å². The van der Waals surface area contributed by atoms with Crippen LogP contribution in [0, 0.1) is 19.8 Å². The van der Waals surface area contributed by atoms with Crippen LogP contribution in [0.25, 0.3) is 0 Å². The van der Waals surface area contributed by atoms with Gasteiger partial charge in [-0.25, -0.2) is 0 Å². The van der Waals surface area contributed by atoms with Crippen molar-refractivity contribution in [1.29, 1.82) is 0 Å². The molecule has 1 amide bonds. The van der Waals surface area contributed by atoms with Gasteiger partial charge in [-0.1, -0.05) is 23.7 Å². The van der Waals surface area contributed by atoms with Crippen LogP contribution in [0.4, 0.5) is 0 Å². The molecule has 3 rings (SSSR count). The number of nitrogens with zero attached hydrogens (tertiary/aromatic N) is 3. The molecule has 0 saturated carbocycles. The van der Waals surface area contributed by atoms with Crippen molar-refractivity contribution in [1.82, 2.24) is 14.7 Å². The number of halogens is 1. The molecule has 1 fully saturated rings. The first-order chi connectivity index (χ1) is 12.3. The molecular formula is C19H22ClN3O3. The third-order valence-electron chi connectivity index (χ3n) is 5.12. The highest BCUT2D eigenvalue weighted by Gasteiger charge is 2.41. The van der Waals surface area contributed by atoms with Gasteiger partial charge in [0.2, 0.25) is 0 Å². The number of carbonyl (C=O) groups excluding carboxylic acids is 1. The smallest absolute Gasteiger partial charge is 0.308 e. The molecule has 138 valence electrons. The summed E-state index contributed by atoms with van der Waals surface area (Å²) in [4.78, 5) is 26.5. The van der Waals surface area contributed by atoms with Gasteiger partial charge in [0.1, 0.15) is 0 Å². The minimum Gasteiger partial charge on any atom is -0.481 e. The first-order valence-corrected chi connectivity index (χ1v) is 9.02. The summed E-state index contributed by atoms with van der Waals surface area (Å²) in [7, 11) is 0. The Kier molecular flexibility index (Phi) is 5.05. The summed E-state index contributed by atoms with van der Waals surface area (Å²) < 4.78 is 1.80. The van der Waals surface area contributed by atoms with Gasteiger partial charge in [0, 0.05) is 36.3 Å². The fraction of sp³-hybridized carbons (Fsp3) is 0.421. The first kappa shape index (κ1) is 18.5. The predicted molar refractivity (Wildman–Crippen MR) is 98.6 cm³/mol. The second-order valence-corrected chi connectivity index (χ2v) is 7.11. The summed E-state index contributed by atoms with van der Waals surface area (Å²) in [5, 5.41) is 14.6. The molecule has 26 heavy (non-hydrogen) atoms. The molecular weight excluding hydrogens is 354 g/mol. The number of aryl methyl sites for hydroxylation is 2. The molecule has 0 bridgehead atoms. The average Bonchev–Trinajstić information content (AvgIpc) is 3.17. The first-order valence-electron chi connectivity index (χ1n) is 8.65. The van der Waals surface area contributed by atoms with Gasteiger partial charge in [-0.3, -0.25) is 14.3 Å². The van der Waals surface area contributed by atoms with E-state index in [1.165, 1.54) is 0 Å². The number of carboxylic acids is 1. The molecule has 2 atom stereocenters. The standard InChI is InChI=1S/C19H22ClN3O3/c1-4-23-12(3)17(11(2)21-23)18(24)22-9-15(16(10-22)19(25)26)13-5-7-14(20)8-6-13/h5-8,15-16H,4,9-10H2,1-3H3,(H,25,26)/t15-,16+/m0/s1. The van der Waals surface area contributed by atoms with E-state index < -0.39 is 11.9 Å². The summed E-state index contributed by atoms with van der Waals surface area (Å²) in [5.41, 5.74) is 2.95. The van der Waals surface area contributed by atoms with Crippen LogP contribution in [-0.2, 0) is 11.3 Å². The van der Waals surface area contributed by atoms with Crippen LogP contribution in [0.1, 0.15) is 40.2 Å². The molecule has 0 radical (unpaired) electrons. The number of benzene rings is 1. The van der Waals surface area contributed by atoms with Gasteiger partial charge in [0.15, 0.2) is 0 Å². The molecule has 6 nitrogen and oxygen atoms in total. The lowest BCUT2D eigenvalue weighted by molar-refractivity contribution is -0.141. The summed E-state index contributed by atoms with van der Waals surface area (Å²) in [6.07, 6.45) is 0. The minimum absolute atomic E-state index is 0.151. The quantitative estimate of drug-likeness (QED) is 0.890. The maximum Gasteiger partial charge on any atom is 0.308 e. The summed E-state index contributed by atoms with van der Waals surface area (Å²) in [6, 6.07) is 7.17. The number of hydrogen-bond donors (Lipinski definition) is 1. The predicted octanol–water partition coefficient (Wildman–Crippen LogP) is 3.11. The Bertz CT molecular complexity index is 844. The zero-order valence-corrected chi connectivity index (χ0v) is 15.8. The second kappa shape index (κ2) is 7.11. The third-order valence-corrected chi connectivity index (χ3v) is 5.37. The Balaban J connectivity index is 1.90. The number of hydrogen-bond acceptors (Lipinski definition) is 3. The highest BCUT2D eigenvalue weighted by molar-refractivity contribution is 6.30. The number of carbonyl (C=O) groups is 2. The lowest BCUT2D eigenvalue weighted by Gasteiger charge is -2.17. The van der Waals surface area contributed by atoms with E-state index >= 15 is 0 Å². The van der Waals surface area contributed by atoms with Gasteiger partial charge in [0.25, 0.3) is 5.91 Å².